The molecule has 0 aliphatic heterocycles. The summed E-state index contributed by atoms with van der Waals surface area (Å²) in [5.74, 6) is -0.327. The van der Waals surface area contributed by atoms with Gasteiger partial charge in [0, 0.05) is 50.0 Å². The van der Waals surface area contributed by atoms with Crippen LogP contribution in [0.25, 0.3) is 0 Å². The Kier molecular flexibility index (Phi) is 18.7. The molecule has 0 bridgehead atoms. The molecule has 0 saturated carbocycles. The fraction of sp³-hybridized carbons (Fsp3) is 0.833. The number of nitrogens with zero attached hydrogens (tertiary/aromatic N) is 2. The smallest absolute Gasteiger partial charge is 0.274 e. The normalized spacial score (nSPS) is 11.3. The molecule has 0 aromatic heterocycles. The van der Waals surface area contributed by atoms with E-state index in [0.717, 1.165) is 0 Å². The van der Waals surface area contributed by atoms with Crippen LogP contribution in [0.1, 0.15) is 0 Å². The second kappa shape index (κ2) is 17.6. The minimum absolute atomic E-state index is 0.164. The van der Waals surface area contributed by atoms with Crippen LogP contribution in [0, 0.1) is 0 Å². The van der Waals surface area contributed by atoms with Crippen molar-refractivity contribution in [2.75, 3.05) is 56.6 Å². The molecule has 0 saturated heterocycles. The van der Waals surface area contributed by atoms with Gasteiger partial charge in [-0.2, -0.15) is 0 Å². The van der Waals surface area contributed by atoms with E-state index in [4.69, 9.17) is 18.9 Å². The van der Waals surface area contributed by atoms with Crippen molar-refractivity contribution in [3.63, 3.8) is 0 Å². The Morgan fingerprint density at radius 1 is 0.654 bits per heavy atom. The van der Waals surface area contributed by atoms with Gasteiger partial charge in [0.25, 0.3) is 8.75 Å². The van der Waals surface area contributed by atoms with Crippen molar-refractivity contribution < 1.29 is 28.1 Å². The molecule has 0 fully saturated rings. The highest BCUT2D eigenvalue weighted by Crippen LogP contribution is 2.46. The zero-order valence-electron chi connectivity index (χ0n) is 16.1. The fourth-order valence-corrected chi connectivity index (χ4v) is 15.6. The molecule has 0 aliphatic rings. The van der Waals surface area contributed by atoms with Gasteiger partial charge in [-0.3, -0.25) is 0 Å². The largest absolute Gasteiger partial charge is 0.359 e. The lowest BCUT2D eigenvalue weighted by atomic mass is 11.1. The van der Waals surface area contributed by atoms with E-state index in [1.54, 1.807) is 92.1 Å². The van der Waals surface area contributed by atoms with Gasteiger partial charge < -0.3 is 18.9 Å². The first-order chi connectivity index (χ1) is 12.4. The first kappa shape index (κ1) is 27.7. The van der Waals surface area contributed by atoms with Gasteiger partial charge in [-0.1, -0.05) is 22.4 Å². The Hall–Kier alpha value is 1.71. The molecule has 0 rings (SSSR count). The van der Waals surface area contributed by atoms with Crippen LogP contribution < -0.4 is 0 Å². The van der Waals surface area contributed by atoms with Gasteiger partial charge in [0.15, 0.2) is 0 Å². The van der Waals surface area contributed by atoms with E-state index in [0.29, 0.717) is 17.3 Å². The molecule has 0 spiro atoms. The molecular weight excluding hydrogens is 485 g/mol. The van der Waals surface area contributed by atoms with Crippen LogP contribution in [0.4, 0.5) is 0 Å². The molecule has 0 heterocycles. The lowest BCUT2D eigenvalue weighted by Gasteiger charge is -2.11. The number of hydrogen-bond donors (Lipinski definition) is 0. The molecule has 150 valence electrons. The Bertz CT molecular complexity index is 405. The molecule has 0 aliphatic carbocycles. The minimum Gasteiger partial charge on any atom is -0.359 e. The zero-order valence-corrected chi connectivity index (χ0v) is 23.0. The summed E-state index contributed by atoms with van der Waals surface area (Å²) in [4.78, 5) is 0. The third kappa shape index (κ3) is 13.0. The number of hydrogen-bond acceptors (Lipinski definition) is 10. The van der Waals surface area contributed by atoms with Gasteiger partial charge in [-0.05, 0) is 19.7 Å². The summed E-state index contributed by atoms with van der Waals surface area (Å²) in [6.45, 7) is 0. The summed E-state index contributed by atoms with van der Waals surface area (Å²) in [6.07, 6.45) is 0. The van der Waals surface area contributed by atoms with Gasteiger partial charge in [-0.25, -0.2) is 9.15 Å². The van der Waals surface area contributed by atoms with Crippen molar-refractivity contribution >= 4 is 89.8 Å². The standard InChI is InChI=1S/C12H26N2O4S6Si2/c1-13(2)9(21-25-11(15-5)16-6)19-23-24-20-10(14(3)4)22-26-12(17-7)18-8/h11-12H,1-8H3/q+2. The first-order valence-electron chi connectivity index (χ1n) is 7.11. The highest BCUT2D eigenvalue weighted by molar-refractivity contribution is 9.30. The van der Waals surface area contributed by atoms with E-state index >= 15 is 0 Å². The molecule has 26 heavy (non-hydrogen) atoms. The molecule has 4 radical (unpaired) electrons. The van der Waals surface area contributed by atoms with E-state index in [1.165, 1.54) is 8.75 Å². The zero-order chi connectivity index (χ0) is 19.9. The van der Waals surface area contributed by atoms with Crippen LogP contribution in [0.5, 0.6) is 0 Å². The molecule has 0 unspecified atom stereocenters. The Morgan fingerprint density at radius 2 is 0.962 bits per heavy atom. The van der Waals surface area contributed by atoms with E-state index < -0.39 is 0 Å². The SMILES string of the molecule is COC(OC)[Si]SC(SSSSC(S[Si]C(OC)OC)=[N+](C)C)=[N+](C)C. The van der Waals surface area contributed by atoms with Gasteiger partial charge in [0.1, 0.15) is 40.0 Å². The number of ether oxygens (including phenoxy) is 4. The maximum absolute atomic E-state index is 5.26. The van der Waals surface area contributed by atoms with E-state index in [1.807, 2.05) is 0 Å². The van der Waals surface area contributed by atoms with Crippen molar-refractivity contribution in [1.29, 1.82) is 0 Å². The third-order valence-electron chi connectivity index (χ3n) is 2.31. The van der Waals surface area contributed by atoms with Gasteiger partial charge in [0.05, 0.1) is 0 Å². The van der Waals surface area contributed by atoms with E-state index in [9.17, 15) is 0 Å². The fourth-order valence-electron chi connectivity index (χ4n) is 1.03. The van der Waals surface area contributed by atoms with Gasteiger partial charge in [0.2, 0.25) is 17.3 Å². The quantitative estimate of drug-likeness (QED) is 0.0788. The molecule has 0 amide bonds. The molecule has 0 aromatic carbocycles. The summed E-state index contributed by atoms with van der Waals surface area (Å²) in [5.41, 5.74) is 0. The highest BCUT2D eigenvalue weighted by atomic mass is 33.7. The van der Waals surface area contributed by atoms with Crippen molar-refractivity contribution in [1.82, 2.24) is 0 Å². The topological polar surface area (TPSA) is 42.9 Å². The first-order valence-corrected chi connectivity index (χ1v) is 17.2. The van der Waals surface area contributed by atoms with Gasteiger partial charge in [-0.15, -0.1) is 0 Å². The highest BCUT2D eigenvalue weighted by Gasteiger charge is 2.20. The second-order valence-corrected chi connectivity index (χ2v) is 16.1. The van der Waals surface area contributed by atoms with Crippen LogP contribution in [-0.2, 0) is 18.9 Å². The summed E-state index contributed by atoms with van der Waals surface area (Å²) in [6, 6.07) is 0. The molecule has 14 heteroatoms. The maximum atomic E-state index is 5.26. The number of rotatable bonds is 11. The Balaban J connectivity index is 4.36. The van der Waals surface area contributed by atoms with Crippen LogP contribution in [0.2, 0.25) is 0 Å². The van der Waals surface area contributed by atoms with Crippen LogP contribution in [-0.4, -0.2) is 104 Å². The molecular formula is C12H26N2O4S6Si2+2. The summed E-state index contributed by atoms with van der Waals surface area (Å²) in [7, 11) is 22.9. The van der Waals surface area contributed by atoms with Crippen LogP contribution in [0.15, 0.2) is 0 Å². The van der Waals surface area contributed by atoms with E-state index in [-0.39, 0.29) is 11.8 Å². The third-order valence-corrected chi connectivity index (χ3v) is 16.4. The monoisotopic (exact) mass is 510 g/mol. The lowest BCUT2D eigenvalue weighted by molar-refractivity contribution is -0.458. The maximum Gasteiger partial charge on any atom is 0.274 e. The van der Waals surface area contributed by atoms with Crippen molar-refractivity contribution in [3.8, 4) is 0 Å². The predicted molar refractivity (Wildman–Crippen MR) is 127 cm³/mol. The molecule has 0 N–H and O–H groups in total. The van der Waals surface area contributed by atoms with Crippen molar-refractivity contribution in [2.24, 2.45) is 0 Å². The average molecular weight is 511 g/mol. The summed E-state index contributed by atoms with van der Waals surface area (Å²) in [5, 5.41) is 0. The van der Waals surface area contributed by atoms with Crippen molar-refractivity contribution in [3.05, 3.63) is 0 Å². The summed E-state index contributed by atoms with van der Waals surface area (Å²) < 4.78 is 27.7. The van der Waals surface area contributed by atoms with Gasteiger partial charge >= 0.3 is 0 Å². The lowest BCUT2D eigenvalue weighted by Crippen LogP contribution is -2.21. The average Bonchev–Trinajstić information content (AvgIpc) is 2.62. The Morgan fingerprint density at radius 3 is 1.19 bits per heavy atom. The van der Waals surface area contributed by atoms with Crippen LogP contribution in [0.3, 0.4) is 0 Å². The molecule has 6 nitrogen and oxygen atoms in total. The summed E-state index contributed by atoms with van der Waals surface area (Å²) >= 11 is 3.52. The second-order valence-electron chi connectivity index (χ2n) is 4.67. The van der Waals surface area contributed by atoms with Crippen molar-refractivity contribution in [2.45, 2.75) is 11.8 Å². The Labute approximate surface area is 185 Å². The predicted octanol–water partition coefficient (Wildman–Crippen LogP) is 2.78. The minimum atomic E-state index is -0.164. The molecule has 0 aromatic rings. The van der Waals surface area contributed by atoms with E-state index in [2.05, 4.69) is 37.3 Å². The van der Waals surface area contributed by atoms with Crippen LogP contribution >= 0.6 is 63.7 Å². The number of methoxy groups -OCH3 is 4. The molecule has 0 atom stereocenters.